The minimum atomic E-state index is -0.771. The van der Waals surface area contributed by atoms with Gasteiger partial charge < -0.3 is 15.0 Å². The molecule has 2 aromatic heterocycles. The quantitative estimate of drug-likeness (QED) is 0.450. The van der Waals surface area contributed by atoms with Crippen LogP contribution in [0.4, 0.5) is 4.39 Å². The lowest BCUT2D eigenvalue weighted by molar-refractivity contribution is -0.124. The molecule has 0 aliphatic rings. The van der Waals surface area contributed by atoms with Gasteiger partial charge in [-0.25, -0.2) is 9.18 Å². The molecular weight excluding hydrogens is 419 g/mol. The van der Waals surface area contributed by atoms with Crippen LogP contribution in [-0.2, 0) is 9.53 Å². The van der Waals surface area contributed by atoms with Crippen molar-refractivity contribution in [1.29, 1.82) is 0 Å². The van der Waals surface area contributed by atoms with Crippen LogP contribution in [0.5, 0.6) is 0 Å². The molecule has 31 heavy (non-hydrogen) atoms. The number of carbonyl (C=O) groups is 2. The molecular formula is C23H17FN2O4S. The topological polar surface area (TPSA) is 88.3 Å². The number of ether oxygens (including phenoxy) is 1. The van der Waals surface area contributed by atoms with E-state index in [1.54, 1.807) is 36.4 Å². The van der Waals surface area contributed by atoms with Gasteiger partial charge in [-0.15, -0.1) is 11.3 Å². The third-order valence-electron chi connectivity index (χ3n) is 4.64. The Balaban J connectivity index is 1.48. The van der Waals surface area contributed by atoms with Gasteiger partial charge in [-0.1, -0.05) is 36.4 Å². The SMILES string of the molecule is O=C(COC(=O)c1cc(=O)[nH]c2ccccc12)NC(c1ccc(F)cc1)c1cccs1. The molecule has 1 atom stereocenters. The molecule has 0 aliphatic carbocycles. The number of hydrogen-bond acceptors (Lipinski definition) is 5. The van der Waals surface area contributed by atoms with E-state index in [0.29, 0.717) is 16.5 Å². The van der Waals surface area contributed by atoms with E-state index in [1.807, 2.05) is 17.5 Å². The minimum Gasteiger partial charge on any atom is -0.452 e. The highest BCUT2D eigenvalue weighted by atomic mass is 32.1. The summed E-state index contributed by atoms with van der Waals surface area (Å²) in [6, 6.07) is 17.0. The van der Waals surface area contributed by atoms with E-state index in [0.717, 1.165) is 10.9 Å². The summed E-state index contributed by atoms with van der Waals surface area (Å²) in [5.41, 5.74) is 0.842. The van der Waals surface area contributed by atoms with Crippen LogP contribution in [0.3, 0.4) is 0 Å². The van der Waals surface area contributed by atoms with Crippen LogP contribution in [0.1, 0.15) is 26.8 Å². The molecule has 6 nitrogen and oxygen atoms in total. The van der Waals surface area contributed by atoms with Gasteiger partial charge in [0.05, 0.1) is 11.6 Å². The zero-order chi connectivity index (χ0) is 21.8. The normalized spacial score (nSPS) is 11.8. The molecule has 0 fully saturated rings. The van der Waals surface area contributed by atoms with E-state index >= 15 is 0 Å². The molecule has 0 radical (unpaired) electrons. The van der Waals surface area contributed by atoms with Gasteiger partial charge in [0.25, 0.3) is 5.91 Å². The number of H-pyrrole nitrogens is 1. The van der Waals surface area contributed by atoms with E-state index in [4.69, 9.17) is 4.74 Å². The number of hydrogen-bond donors (Lipinski definition) is 2. The Labute approximate surface area is 180 Å². The number of rotatable bonds is 6. The first kappa shape index (κ1) is 20.5. The second-order valence-corrected chi connectivity index (χ2v) is 7.72. The third-order valence-corrected chi connectivity index (χ3v) is 5.58. The molecule has 4 rings (SSSR count). The van der Waals surface area contributed by atoms with E-state index < -0.39 is 30.1 Å². The Hall–Kier alpha value is -3.78. The van der Waals surface area contributed by atoms with Crippen molar-refractivity contribution in [2.45, 2.75) is 6.04 Å². The first-order valence-corrected chi connectivity index (χ1v) is 10.3. The summed E-state index contributed by atoms with van der Waals surface area (Å²) in [6.07, 6.45) is 0. The fourth-order valence-electron chi connectivity index (χ4n) is 3.21. The lowest BCUT2D eigenvalue weighted by Gasteiger charge is -2.18. The number of thiophene rings is 1. The van der Waals surface area contributed by atoms with E-state index in [9.17, 15) is 18.8 Å². The van der Waals surface area contributed by atoms with Gasteiger partial charge in [-0.3, -0.25) is 9.59 Å². The molecule has 0 saturated heterocycles. The summed E-state index contributed by atoms with van der Waals surface area (Å²) in [7, 11) is 0. The van der Waals surface area contributed by atoms with Crippen molar-refractivity contribution in [1.82, 2.24) is 10.3 Å². The van der Waals surface area contributed by atoms with Gasteiger partial charge in [0.2, 0.25) is 5.56 Å². The van der Waals surface area contributed by atoms with Gasteiger partial charge >= 0.3 is 5.97 Å². The lowest BCUT2D eigenvalue weighted by Crippen LogP contribution is -2.32. The number of nitrogens with one attached hydrogen (secondary N) is 2. The molecule has 8 heteroatoms. The summed E-state index contributed by atoms with van der Waals surface area (Å²) in [5, 5.41) is 5.21. The van der Waals surface area contributed by atoms with Crippen molar-refractivity contribution in [2.24, 2.45) is 0 Å². The van der Waals surface area contributed by atoms with Crippen LogP contribution < -0.4 is 10.9 Å². The summed E-state index contributed by atoms with van der Waals surface area (Å²) in [4.78, 5) is 40.4. The van der Waals surface area contributed by atoms with E-state index in [-0.39, 0.29) is 11.4 Å². The zero-order valence-corrected chi connectivity index (χ0v) is 16.9. The second kappa shape index (κ2) is 8.93. The summed E-state index contributed by atoms with van der Waals surface area (Å²) >= 11 is 1.44. The van der Waals surface area contributed by atoms with Crippen molar-refractivity contribution in [3.05, 3.63) is 104 Å². The van der Waals surface area contributed by atoms with Gasteiger partial charge in [0.1, 0.15) is 5.82 Å². The van der Waals surface area contributed by atoms with Gasteiger partial charge in [-0.05, 0) is 35.2 Å². The number of amides is 1. The molecule has 2 N–H and O–H groups in total. The Morgan fingerprint density at radius 3 is 2.58 bits per heavy atom. The molecule has 0 bridgehead atoms. The van der Waals surface area contributed by atoms with Crippen LogP contribution in [0, 0.1) is 5.82 Å². The predicted octanol–water partition coefficient (Wildman–Crippen LogP) is 3.79. The smallest absolute Gasteiger partial charge is 0.339 e. The average Bonchev–Trinajstić information content (AvgIpc) is 3.30. The van der Waals surface area contributed by atoms with E-state index in [2.05, 4.69) is 10.3 Å². The fourth-order valence-corrected chi connectivity index (χ4v) is 4.02. The fraction of sp³-hybridized carbons (Fsp3) is 0.0870. The van der Waals surface area contributed by atoms with Crippen LogP contribution in [0.2, 0.25) is 0 Å². The third kappa shape index (κ3) is 4.70. The van der Waals surface area contributed by atoms with Crippen LogP contribution in [-0.4, -0.2) is 23.5 Å². The minimum absolute atomic E-state index is 0.0838. The van der Waals surface area contributed by atoms with E-state index in [1.165, 1.54) is 23.5 Å². The highest BCUT2D eigenvalue weighted by Gasteiger charge is 2.20. The largest absolute Gasteiger partial charge is 0.452 e. The molecule has 0 aliphatic heterocycles. The zero-order valence-electron chi connectivity index (χ0n) is 16.1. The molecule has 0 spiro atoms. The van der Waals surface area contributed by atoms with Crippen LogP contribution in [0.15, 0.2) is 76.9 Å². The molecule has 0 saturated carbocycles. The maximum atomic E-state index is 13.3. The number of halogens is 1. The van der Waals surface area contributed by atoms with Crippen molar-refractivity contribution < 1.29 is 18.7 Å². The standard InChI is InChI=1S/C23H17FN2O4S/c24-15-9-7-14(8-10-15)22(19-6-3-11-31-19)26-21(28)13-30-23(29)17-12-20(27)25-18-5-2-1-4-16(17)18/h1-12,22H,13H2,(H,25,27)(H,26,28). The van der Waals surface area contributed by atoms with Crippen molar-refractivity contribution in [2.75, 3.05) is 6.61 Å². The molecule has 1 amide bonds. The predicted molar refractivity (Wildman–Crippen MR) is 116 cm³/mol. The Morgan fingerprint density at radius 1 is 1.06 bits per heavy atom. The lowest BCUT2D eigenvalue weighted by atomic mass is 10.1. The highest BCUT2D eigenvalue weighted by molar-refractivity contribution is 7.10. The summed E-state index contributed by atoms with van der Waals surface area (Å²) in [6.45, 7) is -0.525. The molecule has 2 heterocycles. The molecule has 4 aromatic rings. The maximum absolute atomic E-state index is 13.3. The van der Waals surface area contributed by atoms with Gasteiger partial charge in [0.15, 0.2) is 6.61 Å². The second-order valence-electron chi connectivity index (χ2n) is 6.74. The number of carbonyl (C=O) groups excluding carboxylic acids is 2. The van der Waals surface area contributed by atoms with Crippen LogP contribution in [0.25, 0.3) is 10.9 Å². The van der Waals surface area contributed by atoms with Gasteiger partial charge in [0, 0.05) is 21.8 Å². The number of aromatic amines is 1. The Bertz CT molecular complexity index is 1280. The Kier molecular flexibility index (Phi) is 5.90. The number of esters is 1. The first-order valence-electron chi connectivity index (χ1n) is 9.38. The number of aromatic nitrogens is 1. The number of benzene rings is 2. The Morgan fingerprint density at radius 2 is 1.84 bits per heavy atom. The van der Waals surface area contributed by atoms with Gasteiger partial charge in [-0.2, -0.15) is 0 Å². The first-order chi connectivity index (χ1) is 15.0. The van der Waals surface area contributed by atoms with Crippen molar-refractivity contribution in [3.8, 4) is 0 Å². The van der Waals surface area contributed by atoms with Crippen molar-refractivity contribution >= 4 is 34.1 Å². The van der Waals surface area contributed by atoms with Crippen LogP contribution >= 0.6 is 11.3 Å². The number of pyridine rings is 1. The highest BCUT2D eigenvalue weighted by Crippen LogP contribution is 2.26. The number of para-hydroxylation sites is 1. The molecule has 1 unspecified atom stereocenters. The summed E-state index contributed by atoms with van der Waals surface area (Å²) in [5.74, 6) is -1.67. The molecule has 156 valence electrons. The van der Waals surface area contributed by atoms with Crippen molar-refractivity contribution in [3.63, 3.8) is 0 Å². The maximum Gasteiger partial charge on any atom is 0.339 e. The average molecular weight is 436 g/mol. The summed E-state index contributed by atoms with van der Waals surface area (Å²) < 4.78 is 18.5. The monoisotopic (exact) mass is 436 g/mol. The number of fused-ring (bicyclic) bond motifs is 1. The molecule has 2 aromatic carbocycles.